The largest absolute Gasteiger partial charge is 0.480 e. The van der Waals surface area contributed by atoms with E-state index in [1.807, 2.05) is 24.3 Å². The Morgan fingerprint density at radius 2 is 2.14 bits per heavy atom. The Balaban J connectivity index is 1.86. The topological polar surface area (TPSA) is 111 Å². The van der Waals surface area contributed by atoms with Gasteiger partial charge in [-0.05, 0) is 17.7 Å². The SMILES string of the molecule is O=C(O)C(Cc1c[nH]c2ccccc12)Nc1ccnc(=O)[nH]1. The molecule has 7 nitrogen and oxygen atoms in total. The normalized spacial score (nSPS) is 12.2. The second-order valence-electron chi connectivity index (χ2n) is 4.89. The van der Waals surface area contributed by atoms with Gasteiger partial charge in [0.1, 0.15) is 11.9 Å². The highest BCUT2D eigenvalue weighted by Crippen LogP contribution is 2.20. The van der Waals surface area contributed by atoms with Gasteiger partial charge in [0, 0.05) is 29.7 Å². The third kappa shape index (κ3) is 2.83. The number of aliphatic carboxylic acids is 1. The van der Waals surface area contributed by atoms with Crippen LogP contribution in [0.25, 0.3) is 10.9 Å². The van der Waals surface area contributed by atoms with Gasteiger partial charge >= 0.3 is 11.7 Å². The first-order chi connectivity index (χ1) is 10.6. The van der Waals surface area contributed by atoms with Crippen LogP contribution in [0.3, 0.4) is 0 Å². The quantitative estimate of drug-likeness (QED) is 0.568. The molecule has 3 rings (SSSR count). The first-order valence-corrected chi connectivity index (χ1v) is 6.73. The molecule has 0 fully saturated rings. The average Bonchev–Trinajstić information content (AvgIpc) is 2.90. The molecular weight excluding hydrogens is 284 g/mol. The first kappa shape index (κ1) is 13.9. The van der Waals surface area contributed by atoms with Crippen molar-refractivity contribution in [1.82, 2.24) is 15.0 Å². The number of aromatic nitrogens is 3. The molecule has 0 bridgehead atoms. The van der Waals surface area contributed by atoms with Gasteiger partial charge in [-0.3, -0.25) is 4.98 Å². The number of benzene rings is 1. The van der Waals surface area contributed by atoms with Crippen LogP contribution in [0.1, 0.15) is 5.56 Å². The van der Waals surface area contributed by atoms with E-state index in [1.54, 1.807) is 6.20 Å². The molecule has 0 aliphatic carbocycles. The summed E-state index contributed by atoms with van der Waals surface area (Å²) in [4.78, 5) is 31.7. The lowest BCUT2D eigenvalue weighted by molar-refractivity contribution is -0.137. The molecule has 0 aliphatic rings. The van der Waals surface area contributed by atoms with Crippen molar-refractivity contribution >= 4 is 22.7 Å². The number of aromatic amines is 2. The van der Waals surface area contributed by atoms with Gasteiger partial charge in [0.25, 0.3) is 0 Å². The fourth-order valence-corrected chi connectivity index (χ4v) is 2.36. The zero-order chi connectivity index (χ0) is 15.5. The summed E-state index contributed by atoms with van der Waals surface area (Å²) in [6.07, 6.45) is 3.41. The summed E-state index contributed by atoms with van der Waals surface area (Å²) < 4.78 is 0. The summed E-state index contributed by atoms with van der Waals surface area (Å²) in [5, 5.41) is 13.2. The number of hydrogen-bond acceptors (Lipinski definition) is 4. The average molecular weight is 298 g/mol. The van der Waals surface area contributed by atoms with E-state index in [-0.39, 0.29) is 6.42 Å². The van der Waals surface area contributed by atoms with Crippen molar-refractivity contribution < 1.29 is 9.90 Å². The molecule has 22 heavy (non-hydrogen) atoms. The van der Waals surface area contributed by atoms with Crippen molar-refractivity contribution in [3.05, 3.63) is 58.8 Å². The molecule has 112 valence electrons. The number of fused-ring (bicyclic) bond motifs is 1. The van der Waals surface area contributed by atoms with Crippen LogP contribution >= 0.6 is 0 Å². The third-order valence-corrected chi connectivity index (χ3v) is 3.40. The maximum Gasteiger partial charge on any atom is 0.346 e. The van der Waals surface area contributed by atoms with Crippen LogP contribution in [0, 0.1) is 0 Å². The van der Waals surface area contributed by atoms with Crippen LogP contribution in [-0.2, 0) is 11.2 Å². The van der Waals surface area contributed by atoms with E-state index in [0.29, 0.717) is 5.82 Å². The number of carboxylic acids is 1. The number of rotatable bonds is 5. The van der Waals surface area contributed by atoms with Crippen LogP contribution in [0.5, 0.6) is 0 Å². The Morgan fingerprint density at radius 1 is 1.32 bits per heavy atom. The van der Waals surface area contributed by atoms with E-state index in [0.717, 1.165) is 16.5 Å². The highest BCUT2D eigenvalue weighted by atomic mass is 16.4. The fraction of sp³-hybridized carbons (Fsp3) is 0.133. The Kier molecular flexibility index (Phi) is 3.61. The Bertz CT molecular complexity index is 868. The second-order valence-corrected chi connectivity index (χ2v) is 4.89. The lowest BCUT2D eigenvalue weighted by atomic mass is 10.1. The van der Waals surface area contributed by atoms with Gasteiger partial charge < -0.3 is 15.4 Å². The highest BCUT2D eigenvalue weighted by molar-refractivity contribution is 5.85. The maximum absolute atomic E-state index is 11.5. The standard InChI is InChI=1S/C15H14N4O3/c20-14(21)12(18-13-5-6-16-15(22)19-13)7-9-8-17-11-4-2-1-3-10(9)11/h1-6,8,12,17H,7H2,(H,20,21)(H2,16,18,19,22). The van der Waals surface area contributed by atoms with Gasteiger partial charge in [0.05, 0.1) is 0 Å². The van der Waals surface area contributed by atoms with E-state index >= 15 is 0 Å². The summed E-state index contributed by atoms with van der Waals surface area (Å²) in [5.74, 6) is -0.671. The lowest BCUT2D eigenvalue weighted by Gasteiger charge is -2.14. The van der Waals surface area contributed by atoms with Crippen LogP contribution in [0.15, 0.2) is 47.5 Å². The minimum absolute atomic E-state index is 0.281. The van der Waals surface area contributed by atoms with Gasteiger partial charge in [-0.15, -0.1) is 0 Å². The van der Waals surface area contributed by atoms with E-state index in [1.165, 1.54) is 12.3 Å². The summed E-state index contributed by atoms with van der Waals surface area (Å²) in [6.45, 7) is 0. The number of nitrogens with zero attached hydrogens (tertiary/aromatic N) is 1. The van der Waals surface area contributed by atoms with Gasteiger partial charge in [-0.2, -0.15) is 0 Å². The van der Waals surface area contributed by atoms with Crippen molar-refractivity contribution in [3.63, 3.8) is 0 Å². The van der Waals surface area contributed by atoms with Crippen molar-refractivity contribution in [2.24, 2.45) is 0 Å². The molecule has 2 heterocycles. The molecule has 0 amide bonds. The third-order valence-electron chi connectivity index (χ3n) is 3.40. The van der Waals surface area contributed by atoms with Crippen LogP contribution in [0.4, 0.5) is 5.82 Å². The highest BCUT2D eigenvalue weighted by Gasteiger charge is 2.19. The monoisotopic (exact) mass is 298 g/mol. The first-order valence-electron chi connectivity index (χ1n) is 6.73. The van der Waals surface area contributed by atoms with E-state index in [9.17, 15) is 14.7 Å². The number of carboxylic acid groups (broad SMARTS) is 1. The predicted octanol–water partition coefficient (Wildman–Crippen LogP) is 1.36. The molecule has 3 aromatic rings. The Labute approximate surface area is 125 Å². The summed E-state index contributed by atoms with van der Waals surface area (Å²) >= 11 is 0. The minimum Gasteiger partial charge on any atom is -0.480 e. The number of hydrogen-bond donors (Lipinski definition) is 4. The van der Waals surface area contributed by atoms with E-state index in [2.05, 4.69) is 20.3 Å². The van der Waals surface area contributed by atoms with Crippen molar-refractivity contribution in [2.45, 2.75) is 12.5 Å². The molecule has 0 aliphatic heterocycles. The maximum atomic E-state index is 11.5. The fourth-order valence-electron chi connectivity index (χ4n) is 2.36. The van der Waals surface area contributed by atoms with Crippen LogP contribution in [-0.4, -0.2) is 32.1 Å². The molecule has 1 atom stereocenters. The van der Waals surface area contributed by atoms with Crippen LogP contribution < -0.4 is 11.0 Å². The predicted molar refractivity (Wildman–Crippen MR) is 81.9 cm³/mol. The zero-order valence-electron chi connectivity index (χ0n) is 11.5. The molecule has 2 aromatic heterocycles. The lowest BCUT2D eigenvalue weighted by Crippen LogP contribution is -2.32. The molecule has 0 spiro atoms. The molecule has 4 N–H and O–H groups in total. The molecular formula is C15H14N4O3. The number of para-hydroxylation sites is 1. The smallest absolute Gasteiger partial charge is 0.346 e. The Morgan fingerprint density at radius 3 is 2.91 bits per heavy atom. The van der Waals surface area contributed by atoms with Crippen molar-refractivity contribution in [1.29, 1.82) is 0 Å². The van der Waals surface area contributed by atoms with Crippen LogP contribution in [0.2, 0.25) is 0 Å². The number of H-pyrrole nitrogens is 2. The van der Waals surface area contributed by atoms with Gasteiger partial charge in [-0.25, -0.2) is 14.6 Å². The number of anilines is 1. The number of nitrogens with one attached hydrogen (secondary N) is 3. The molecule has 0 saturated carbocycles. The summed E-state index contributed by atoms with van der Waals surface area (Å²) in [7, 11) is 0. The molecule has 0 radical (unpaired) electrons. The zero-order valence-corrected chi connectivity index (χ0v) is 11.5. The van der Waals surface area contributed by atoms with Crippen molar-refractivity contribution in [2.75, 3.05) is 5.32 Å². The number of carbonyl (C=O) groups is 1. The van der Waals surface area contributed by atoms with Gasteiger partial charge in [0.15, 0.2) is 0 Å². The molecule has 1 aromatic carbocycles. The van der Waals surface area contributed by atoms with Gasteiger partial charge in [-0.1, -0.05) is 18.2 Å². The Hall–Kier alpha value is -3.09. The van der Waals surface area contributed by atoms with E-state index in [4.69, 9.17) is 0 Å². The minimum atomic E-state index is -0.997. The van der Waals surface area contributed by atoms with Gasteiger partial charge in [0.2, 0.25) is 0 Å². The summed E-state index contributed by atoms with van der Waals surface area (Å²) in [6, 6.07) is 8.35. The molecule has 1 unspecified atom stereocenters. The molecule has 7 heteroatoms. The summed E-state index contributed by atoms with van der Waals surface area (Å²) in [5.41, 5.74) is 1.33. The van der Waals surface area contributed by atoms with E-state index < -0.39 is 17.7 Å². The molecule has 0 saturated heterocycles. The second kappa shape index (κ2) is 5.72. The van der Waals surface area contributed by atoms with Crippen molar-refractivity contribution in [3.8, 4) is 0 Å².